The lowest BCUT2D eigenvalue weighted by atomic mass is 10.2. The molecule has 2 amide bonds. The zero-order valence-corrected chi connectivity index (χ0v) is 17.8. The highest BCUT2D eigenvalue weighted by Gasteiger charge is 2.09. The normalized spacial score (nSPS) is 10.6. The van der Waals surface area contributed by atoms with Crippen LogP contribution >= 0.6 is 23.4 Å². The van der Waals surface area contributed by atoms with Crippen molar-refractivity contribution in [1.82, 2.24) is 0 Å². The maximum atomic E-state index is 12.1. The fourth-order valence-corrected chi connectivity index (χ4v) is 3.16. The van der Waals surface area contributed by atoms with Crippen molar-refractivity contribution in [3.63, 3.8) is 0 Å². The van der Waals surface area contributed by atoms with Gasteiger partial charge in [0.2, 0.25) is 11.8 Å². The monoisotopic (exact) mass is 420 g/mol. The number of anilines is 2. The Balaban J connectivity index is 1.74. The van der Waals surface area contributed by atoms with Gasteiger partial charge in [-0.05, 0) is 48.7 Å². The zero-order valence-electron chi connectivity index (χ0n) is 16.3. The van der Waals surface area contributed by atoms with Crippen LogP contribution in [0.4, 0.5) is 11.4 Å². The van der Waals surface area contributed by atoms with Crippen LogP contribution < -0.4 is 15.4 Å². The number of amides is 2. The fourth-order valence-electron chi connectivity index (χ4n) is 2.31. The number of hydrogen-bond acceptors (Lipinski definition) is 4. The molecule has 0 fully saturated rings. The largest absolute Gasteiger partial charge is 0.492 e. The number of carbonyl (C=O) groups is 2. The highest BCUT2D eigenvalue weighted by molar-refractivity contribution is 8.00. The van der Waals surface area contributed by atoms with Crippen LogP contribution in [0, 0.1) is 12.8 Å². The van der Waals surface area contributed by atoms with Crippen LogP contribution in [0.2, 0.25) is 5.02 Å². The molecule has 0 atom stereocenters. The molecule has 2 rings (SSSR count). The number of carbonyl (C=O) groups excluding carboxylic acids is 2. The van der Waals surface area contributed by atoms with E-state index in [1.165, 1.54) is 11.8 Å². The van der Waals surface area contributed by atoms with Crippen molar-refractivity contribution in [1.29, 1.82) is 0 Å². The highest BCUT2D eigenvalue weighted by atomic mass is 35.5. The first-order chi connectivity index (χ1) is 13.3. The second-order valence-electron chi connectivity index (χ2n) is 6.81. The van der Waals surface area contributed by atoms with Gasteiger partial charge in [-0.2, -0.15) is 0 Å². The van der Waals surface area contributed by atoms with Gasteiger partial charge in [0.15, 0.2) is 0 Å². The predicted octanol–water partition coefficient (Wildman–Crippen LogP) is 4.99. The van der Waals surface area contributed by atoms with Gasteiger partial charge >= 0.3 is 0 Å². The molecule has 0 aliphatic rings. The maximum absolute atomic E-state index is 12.1. The molecule has 2 aromatic carbocycles. The second kappa shape index (κ2) is 11.0. The summed E-state index contributed by atoms with van der Waals surface area (Å²) >= 11 is 7.44. The average Bonchev–Trinajstić information content (AvgIpc) is 2.60. The number of halogens is 1. The van der Waals surface area contributed by atoms with Crippen LogP contribution in [0.3, 0.4) is 0 Å². The summed E-state index contributed by atoms with van der Waals surface area (Å²) in [6.45, 7) is 6.65. The summed E-state index contributed by atoms with van der Waals surface area (Å²) in [5.74, 6) is 1.03. The number of aryl methyl sites for hydroxylation is 1. The second-order valence-corrected chi connectivity index (χ2v) is 8.20. The molecule has 0 saturated heterocycles. The van der Waals surface area contributed by atoms with E-state index in [2.05, 4.69) is 24.5 Å². The summed E-state index contributed by atoms with van der Waals surface area (Å²) in [7, 11) is 0. The van der Waals surface area contributed by atoms with Crippen molar-refractivity contribution < 1.29 is 14.3 Å². The third-order valence-electron chi connectivity index (χ3n) is 3.56. The van der Waals surface area contributed by atoms with Crippen molar-refractivity contribution in [3.05, 3.63) is 53.1 Å². The summed E-state index contributed by atoms with van der Waals surface area (Å²) in [4.78, 5) is 24.0. The third kappa shape index (κ3) is 7.82. The standard InChI is InChI=1S/C21H25ClN2O3S/c1-14(2)11-27-19-8-7-17(10-18(19)22)24-21(26)13-28-12-20(25)23-16-6-4-5-15(3)9-16/h4-10,14H,11-13H2,1-3H3,(H,23,25)(H,24,26). The first-order valence-electron chi connectivity index (χ1n) is 9.00. The zero-order chi connectivity index (χ0) is 20.5. The Morgan fingerprint density at radius 1 is 1.04 bits per heavy atom. The molecule has 28 heavy (non-hydrogen) atoms. The molecule has 5 nitrogen and oxygen atoms in total. The van der Waals surface area contributed by atoms with Gasteiger partial charge in [0.05, 0.1) is 23.1 Å². The molecule has 0 aliphatic heterocycles. The quantitative estimate of drug-likeness (QED) is 0.599. The van der Waals surface area contributed by atoms with Crippen molar-refractivity contribution >= 4 is 46.6 Å². The van der Waals surface area contributed by atoms with E-state index in [4.69, 9.17) is 16.3 Å². The van der Waals surface area contributed by atoms with E-state index >= 15 is 0 Å². The summed E-state index contributed by atoms with van der Waals surface area (Å²) in [6.07, 6.45) is 0. The summed E-state index contributed by atoms with van der Waals surface area (Å²) in [5.41, 5.74) is 2.42. The number of hydrogen-bond donors (Lipinski definition) is 2. The first-order valence-corrected chi connectivity index (χ1v) is 10.5. The van der Waals surface area contributed by atoms with E-state index in [0.717, 1.165) is 11.3 Å². The van der Waals surface area contributed by atoms with E-state index < -0.39 is 0 Å². The Bertz CT molecular complexity index is 827. The highest BCUT2D eigenvalue weighted by Crippen LogP contribution is 2.28. The Morgan fingerprint density at radius 2 is 1.68 bits per heavy atom. The Hall–Kier alpha value is -2.18. The molecule has 0 unspecified atom stereocenters. The van der Waals surface area contributed by atoms with E-state index in [1.807, 2.05) is 31.2 Å². The predicted molar refractivity (Wildman–Crippen MR) is 118 cm³/mol. The summed E-state index contributed by atoms with van der Waals surface area (Å²) in [5, 5.41) is 6.04. The van der Waals surface area contributed by atoms with Crippen LogP contribution in [0.5, 0.6) is 5.75 Å². The SMILES string of the molecule is Cc1cccc(NC(=O)CSCC(=O)Nc2ccc(OCC(C)C)c(Cl)c2)c1. The average molecular weight is 421 g/mol. The van der Waals surface area contributed by atoms with E-state index in [-0.39, 0.29) is 23.3 Å². The molecule has 0 bridgehead atoms. The topological polar surface area (TPSA) is 67.4 Å². The Morgan fingerprint density at radius 3 is 2.25 bits per heavy atom. The van der Waals surface area contributed by atoms with Crippen LogP contribution in [-0.4, -0.2) is 29.9 Å². The van der Waals surface area contributed by atoms with Gasteiger partial charge < -0.3 is 15.4 Å². The van der Waals surface area contributed by atoms with E-state index in [1.54, 1.807) is 18.2 Å². The van der Waals surface area contributed by atoms with Gasteiger partial charge in [-0.15, -0.1) is 11.8 Å². The van der Waals surface area contributed by atoms with E-state index in [9.17, 15) is 9.59 Å². The smallest absolute Gasteiger partial charge is 0.234 e. The van der Waals surface area contributed by atoms with Crippen LogP contribution in [0.25, 0.3) is 0 Å². The van der Waals surface area contributed by atoms with Gasteiger partial charge in [-0.25, -0.2) is 0 Å². The first kappa shape index (κ1) is 22.1. The molecule has 2 aromatic rings. The molecule has 7 heteroatoms. The molecule has 0 heterocycles. The van der Waals surface area contributed by atoms with Crippen LogP contribution in [0.1, 0.15) is 19.4 Å². The maximum Gasteiger partial charge on any atom is 0.234 e. The molecule has 150 valence electrons. The van der Waals surface area contributed by atoms with Crippen molar-refractivity contribution in [2.45, 2.75) is 20.8 Å². The summed E-state index contributed by atoms with van der Waals surface area (Å²) in [6, 6.07) is 12.7. The molecule has 2 N–H and O–H groups in total. The van der Waals surface area contributed by atoms with Crippen molar-refractivity contribution in [3.8, 4) is 5.75 Å². The molecule has 0 spiro atoms. The number of nitrogens with one attached hydrogen (secondary N) is 2. The molecule has 0 aliphatic carbocycles. The number of rotatable bonds is 9. The number of benzene rings is 2. The molecule has 0 aromatic heterocycles. The molecular formula is C21H25ClN2O3S. The molecule has 0 radical (unpaired) electrons. The van der Waals surface area contributed by atoms with Gasteiger partial charge in [-0.1, -0.05) is 37.6 Å². The van der Waals surface area contributed by atoms with Crippen molar-refractivity contribution in [2.75, 3.05) is 28.7 Å². The van der Waals surface area contributed by atoms with E-state index in [0.29, 0.717) is 29.0 Å². The minimum atomic E-state index is -0.194. The van der Waals surface area contributed by atoms with Crippen LogP contribution in [0.15, 0.2) is 42.5 Å². The number of thioether (sulfide) groups is 1. The van der Waals surface area contributed by atoms with Gasteiger partial charge in [-0.3, -0.25) is 9.59 Å². The lowest BCUT2D eigenvalue weighted by molar-refractivity contribution is -0.114. The number of ether oxygens (including phenoxy) is 1. The Labute approximate surface area is 175 Å². The van der Waals surface area contributed by atoms with Crippen LogP contribution in [-0.2, 0) is 9.59 Å². The summed E-state index contributed by atoms with van der Waals surface area (Å²) < 4.78 is 5.61. The minimum absolute atomic E-state index is 0.141. The molecule has 0 saturated carbocycles. The lowest BCUT2D eigenvalue weighted by Gasteiger charge is -2.12. The lowest BCUT2D eigenvalue weighted by Crippen LogP contribution is -2.18. The fraction of sp³-hybridized carbons (Fsp3) is 0.333. The van der Waals surface area contributed by atoms with Gasteiger partial charge in [0, 0.05) is 11.4 Å². The van der Waals surface area contributed by atoms with Gasteiger partial charge in [0.1, 0.15) is 5.75 Å². The Kier molecular flexibility index (Phi) is 8.67. The third-order valence-corrected chi connectivity index (χ3v) is 4.78. The minimum Gasteiger partial charge on any atom is -0.492 e. The van der Waals surface area contributed by atoms with Crippen molar-refractivity contribution in [2.24, 2.45) is 5.92 Å². The van der Waals surface area contributed by atoms with Gasteiger partial charge in [0.25, 0.3) is 0 Å². The molecular weight excluding hydrogens is 396 g/mol.